The van der Waals surface area contributed by atoms with Crippen LogP contribution in [0.2, 0.25) is 0 Å². The number of halogens is 3. The lowest BCUT2D eigenvalue weighted by Crippen LogP contribution is -2.35. The summed E-state index contributed by atoms with van der Waals surface area (Å²) in [6.45, 7) is 5.22. The average Bonchev–Trinajstić information content (AvgIpc) is 3.47. The van der Waals surface area contributed by atoms with Crippen LogP contribution in [-0.4, -0.2) is 37.3 Å². The Hall–Kier alpha value is -2.55. The normalized spacial score (nSPS) is 14.8. The van der Waals surface area contributed by atoms with Crippen molar-refractivity contribution in [2.75, 3.05) is 43.7 Å². The standard InChI is InChI=1S/C21H28F3N5O/c1-20(2,11-30-4)10-29(3)16-8-15(28-19(26)17(16)25)13-7-14(21(22,23)24)18(27-9-13)12-5-6-12/h7-9,12H,5-6,10-11,25H2,1-4H3,(H2,26,28). The Kier molecular flexibility index (Phi) is 5.86. The predicted molar refractivity (Wildman–Crippen MR) is 112 cm³/mol. The van der Waals surface area contributed by atoms with Gasteiger partial charge in [-0.1, -0.05) is 13.8 Å². The first-order valence-corrected chi connectivity index (χ1v) is 9.76. The molecule has 0 saturated heterocycles. The summed E-state index contributed by atoms with van der Waals surface area (Å²) >= 11 is 0. The van der Waals surface area contributed by atoms with Gasteiger partial charge in [-0.05, 0) is 25.0 Å². The first kappa shape index (κ1) is 22.1. The Labute approximate surface area is 174 Å². The monoisotopic (exact) mass is 423 g/mol. The molecule has 1 saturated carbocycles. The number of ether oxygens (including phenoxy) is 1. The molecule has 3 rings (SSSR count). The Morgan fingerprint density at radius 3 is 2.43 bits per heavy atom. The van der Waals surface area contributed by atoms with Gasteiger partial charge in [0.25, 0.3) is 0 Å². The first-order chi connectivity index (χ1) is 13.9. The smallest absolute Gasteiger partial charge is 0.394 e. The van der Waals surface area contributed by atoms with E-state index in [1.54, 1.807) is 13.2 Å². The van der Waals surface area contributed by atoms with Crippen molar-refractivity contribution in [3.05, 3.63) is 29.6 Å². The zero-order valence-electron chi connectivity index (χ0n) is 17.7. The second-order valence-corrected chi connectivity index (χ2v) is 8.71. The van der Waals surface area contributed by atoms with E-state index < -0.39 is 11.7 Å². The summed E-state index contributed by atoms with van der Waals surface area (Å²) in [7, 11) is 3.48. The van der Waals surface area contributed by atoms with Crippen LogP contribution < -0.4 is 16.4 Å². The molecule has 1 fully saturated rings. The van der Waals surface area contributed by atoms with Gasteiger partial charge in [-0.15, -0.1) is 0 Å². The largest absolute Gasteiger partial charge is 0.418 e. The number of nitrogen functional groups attached to an aromatic ring is 2. The van der Waals surface area contributed by atoms with Gasteiger partial charge in [0.15, 0.2) is 0 Å². The molecule has 164 valence electrons. The number of alkyl halides is 3. The van der Waals surface area contributed by atoms with Crippen LogP contribution in [0.4, 0.5) is 30.4 Å². The minimum atomic E-state index is -4.48. The molecule has 1 aliphatic carbocycles. The van der Waals surface area contributed by atoms with E-state index in [1.165, 1.54) is 6.20 Å². The molecule has 2 aromatic heterocycles. The third-order valence-electron chi connectivity index (χ3n) is 5.16. The molecule has 0 radical (unpaired) electrons. The lowest BCUT2D eigenvalue weighted by Gasteiger charge is -2.32. The van der Waals surface area contributed by atoms with E-state index in [1.807, 2.05) is 25.8 Å². The van der Waals surface area contributed by atoms with Crippen LogP contribution in [0.15, 0.2) is 18.3 Å². The topological polar surface area (TPSA) is 90.3 Å². The van der Waals surface area contributed by atoms with Crippen LogP contribution in [0.5, 0.6) is 0 Å². The molecule has 0 spiro atoms. The van der Waals surface area contributed by atoms with Crippen molar-refractivity contribution in [1.82, 2.24) is 9.97 Å². The van der Waals surface area contributed by atoms with E-state index in [0.29, 0.717) is 24.5 Å². The number of methoxy groups -OCH3 is 1. The summed E-state index contributed by atoms with van der Waals surface area (Å²) in [6, 6.07) is 2.76. The average molecular weight is 423 g/mol. The van der Waals surface area contributed by atoms with Crippen LogP contribution in [-0.2, 0) is 10.9 Å². The molecular formula is C21H28F3N5O. The molecule has 0 aromatic carbocycles. The van der Waals surface area contributed by atoms with Gasteiger partial charge in [0.1, 0.15) is 5.82 Å². The molecule has 2 heterocycles. The maximum absolute atomic E-state index is 13.6. The molecule has 4 N–H and O–H groups in total. The molecule has 0 amide bonds. The minimum absolute atomic E-state index is 0.0683. The van der Waals surface area contributed by atoms with Gasteiger partial charge >= 0.3 is 6.18 Å². The summed E-state index contributed by atoms with van der Waals surface area (Å²) in [5.41, 5.74) is 12.8. The van der Waals surface area contributed by atoms with Crippen LogP contribution in [0.1, 0.15) is 43.9 Å². The molecule has 0 aliphatic heterocycles. The minimum Gasteiger partial charge on any atom is -0.394 e. The Balaban J connectivity index is 2.01. The Morgan fingerprint density at radius 2 is 1.87 bits per heavy atom. The van der Waals surface area contributed by atoms with Crippen molar-refractivity contribution in [2.45, 2.75) is 38.8 Å². The van der Waals surface area contributed by atoms with Crippen molar-refractivity contribution in [3.63, 3.8) is 0 Å². The van der Waals surface area contributed by atoms with E-state index in [0.717, 1.165) is 18.9 Å². The number of hydrogen-bond donors (Lipinski definition) is 2. The molecule has 2 aromatic rings. The van der Waals surface area contributed by atoms with Crippen LogP contribution in [0, 0.1) is 5.41 Å². The summed E-state index contributed by atoms with van der Waals surface area (Å²) in [5, 5.41) is 0. The number of nitrogens with zero attached hydrogens (tertiary/aromatic N) is 3. The lowest BCUT2D eigenvalue weighted by molar-refractivity contribution is -0.138. The number of nitrogens with two attached hydrogens (primary N) is 2. The highest BCUT2D eigenvalue weighted by molar-refractivity contribution is 5.81. The van der Waals surface area contributed by atoms with Gasteiger partial charge in [-0.3, -0.25) is 4.98 Å². The van der Waals surface area contributed by atoms with Crippen molar-refractivity contribution in [1.29, 1.82) is 0 Å². The van der Waals surface area contributed by atoms with Gasteiger partial charge in [0.05, 0.1) is 34.9 Å². The summed E-state index contributed by atoms with van der Waals surface area (Å²) in [5.74, 6) is -0.0523. The highest BCUT2D eigenvalue weighted by Crippen LogP contribution is 2.46. The molecule has 6 nitrogen and oxygen atoms in total. The fourth-order valence-electron chi connectivity index (χ4n) is 3.71. The molecular weight excluding hydrogens is 395 g/mol. The van der Waals surface area contributed by atoms with E-state index in [9.17, 15) is 13.2 Å². The van der Waals surface area contributed by atoms with Crippen molar-refractivity contribution < 1.29 is 17.9 Å². The molecule has 0 unspecified atom stereocenters. The van der Waals surface area contributed by atoms with Crippen molar-refractivity contribution in [3.8, 4) is 11.3 Å². The number of aromatic nitrogens is 2. The van der Waals surface area contributed by atoms with E-state index in [2.05, 4.69) is 9.97 Å². The fraction of sp³-hybridized carbons (Fsp3) is 0.524. The number of hydrogen-bond acceptors (Lipinski definition) is 6. The summed E-state index contributed by atoms with van der Waals surface area (Å²) in [6.07, 6.45) is -1.59. The SMILES string of the molecule is COCC(C)(C)CN(C)c1cc(-c2cnc(C3CC3)c(C(F)(F)F)c2)nc(N)c1N. The number of rotatable bonds is 7. The van der Waals surface area contributed by atoms with Gasteiger partial charge in [0.2, 0.25) is 0 Å². The Morgan fingerprint density at radius 1 is 1.20 bits per heavy atom. The molecule has 0 bridgehead atoms. The van der Waals surface area contributed by atoms with Crippen LogP contribution >= 0.6 is 0 Å². The van der Waals surface area contributed by atoms with Crippen LogP contribution in [0.3, 0.4) is 0 Å². The van der Waals surface area contributed by atoms with E-state index >= 15 is 0 Å². The summed E-state index contributed by atoms with van der Waals surface area (Å²) in [4.78, 5) is 10.3. The quantitative estimate of drug-likeness (QED) is 0.690. The van der Waals surface area contributed by atoms with E-state index in [-0.39, 0.29) is 34.1 Å². The first-order valence-electron chi connectivity index (χ1n) is 9.76. The summed E-state index contributed by atoms with van der Waals surface area (Å²) < 4.78 is 46.1. The Bertz CT molecular complexity index is 926. The second-order valence-electron chi connectivity index (χ2n) is 8.71. The lowest BCUT2D eigenvalue weighted by atomic mass is 9.94. The third-order valence-corrected chi connectivity index (χ3v) is 5.16. The molecule has 9 heteroatoms. The van der Waals surface area contributed by atoms with Crippen molar-refractivity contribution in [2.24, 2.45) is 5.41 Å². The van der Waals surface area contributed by atoms with Crippen LogP contribution in [0.25, 0.3) is 11.3 Å². The highest BCUT2D eigenvalue weighted by Gasteiger charge is 2.39. The highest BCUT2D eigenvalue weighted by atomic mass is 19.4. The maximum atomic E-state index is 13.6. The third kappa shape index (κ3) is 4.77. The van der Waals surface area contributed by atoms with Gasteiger partial charge in [0, 0.05) is 43.8 Å². The number of anilines is 3. The fourth-order valence-corrected chi connectivity index (χ4v) is 3.71. The van der Waals surface area contributed by atoms with Gasteiger partial charge in [-0.25, -0.2) is 4.98 Å². The maximum Gasteiger partial charge on any atom is 0.418 e. The molecule has 0 atom stereocenters. The zero-order valence-corrected chi connectivity index (χ0v) is 17.7. The van der Waals surface area contributed by atoms with E-state index in [4.69, 9.17) is 16.2 Å². The number of pyridine rings is 2. The predicted octanol–water partition coefficient (Wildman–Crippen LogP) is 4.31. The second kappa shape index (κ2) is 7.94. The van der Waals surface area contributed by atoms with Gasteiger partial charge in [-0.2, -0.15) is 13.2 Å². The van der Waals surface area contributed by atoms with Crippen molar-refractivity contribution >= 4 is 17.2 Å². The van der Waals surface area contributed by atoms with Gasteiger partial charge < -0.3 is 21.1 Å². The molecule has 1 aliphatic rings. The zero-order chi connectivity index (χ0) is 22.3. The molecule has 30 heavy (non-hydrogen) atoms.